The van der Waals surface area contributed by atoms with Gasteiger partial charge in [-0.3, -0.25) is 0 Å². The molecule has 1 N–H and O–H groups in total. The van der Waals surface area contributed by atoms with Gasteiger partial charge in [-0.15, -0.1) is 0 Å². The van der Waals surface area contributed by atoms with Crippen LogP contribution >= 0.6 is 15.9 Å². The van der Waals surface area contributed by atoms with Crippen molar-refractivity contribution >= 4 is 21.6 Å². The van der Waals surface area contributed by atoms with E-state index in [2.05, 4.69) is 54.2 Å². The summed E-state index contributed by atoms with van der Waals surface area (Å²) in [4.78, 5) is 0. The summed E-state index contributed by atoms with van der Waals surface area (Å²) in [5, 5.41) is 3.45. The van der Waals surface area contributed by atoms with Gasteiger partial charge in [0.1, 0.15) is 0 Å². The van der Waals surface area contributed by atoms with Gasteiger partial charge in [0.15, 0.2) is 0 Å². The van der Waals surface area contributed by atoms with Gasteiger partial charge in [-0.25, -0.2) is 0 Å². The molecule has 0 fully saturated rings. The molecule has 1 rings (SSSR count). The highest BCUT2D eigenvalue weighted by Gasteiger charge is 2.05. The lowest BCUT2D eigenvalue weighted by atomic mass is 10.1. The molecule has 0 aliphatic rings. The molecule has 1 aromatic rings. The number of halogens is 1. The third-order valence-electron chi connectivity index (χ3n) is 2.22. The molecule has 0 heterocycles. The first-order valence-corrected chi connectivity index (χ1v) is 5.41. The normalized spacial score (nSPS) is 13.0. The van der Waals surface area contributed by atoms with Crippen molar-refractivity contribution in [1.82, 2.24) is 0 Å². The molecule has 0 saturated carbocycles. The van der Waals surface area contributed by atoms with Crippen LogP contribution in [0, 0.1) is 5.92 Å². The van der Waals surface area contributed by atoms with E-state index in [0.717, 1.165) is 4.47 Å². The highest BCUT2D eigenvalue weighted by molar-refractivity contribution is 9.10. The zero-order valence-electron chi connectivity index (χ0n) is 8.34. The van der Waals surface area contributed by atoms with Crippen molar-refractivity contribution in [2.75, 3.05) is 5.32 Å². The van der Waals surface area contributed by atoms with Crippen LogP contribution in [0.2, 0.25) is 0 Å². The van der Waals surface area contributed by atoms with Crippen LogP contribution in [0.3, 0.4) is 0 Å². The van der Waals surface area contributed by atoms with Gasteiger partial charge in [0.2, 0.25) is 0 Å². The molecule has 1 unspecified atom stereocenters. The predicted octanol–water partition coefficient (Wildman–Crippen LogP) is 3.91. The van der Waals surface area contributed by atoms with Crippen molar-refractivity contribution < 1.29 is 0 Å². The Balaban J connectivity index is 2.64. The predicted molar refractivity (Wildman–Crippen MR) is 62.1 cm³/mol. The Morgan fingerprint density at radius 1 is 1.23 bits per heavy atom. The average molecular weight is 242 g/mol. The van der Waals surface area contributed by atoms with Gasteiger partial charge in [-0.05, 0) is 31.0 Å². The van der Waals surface area contributed by atoms with E-state index in [9.17, 15) is 0 Å². The van der Waals surface area contributed by atoms with Crippen molar-refractivity contribution in [2.24, 2.45) is 5.92 Å². The molecule has 0 amide bonds. The van der Waals surface area contributed by atoms with E-state index in [1.54, 1.807) is 0 Å². The van der Waals surface area contributed by atoms with Crippen LogP contribution in [0.15, 0.2) is 28.7 Å². The van der Waals surface area contributed by atoms with Crippen LogP contribution in [-0.4, -0.2) is 6.04 Å². The molecule has 1 aromatic carbocycles. The Morgan fingerprint density at radius 2 is 1.92 bits per heavy atom. The van der Waals surface area contributed by atoms with Crippen LogP contribution in [0.5, 0.6) is 0 Å². The first-order valence-electron chi connectivity index (χ1n) is 4.61. The summed E-state index contributed by atoms with van der Waals surface area (Å²) in [6.45, 7) is 6.64. The summed E-state index contributed by atoms with van der Waals surface area (Å²) in [6, 6.07) is 8.77. The number of benzene rings is 1. The van der Waals surface area contributed by atoms with Gasteiger partial charge in [0.05, 0.1) is 0 Å². The van der Waals surface area contributed by atoms with Gasteiger partial charge in [-0.1, -0.05) is 35.8 Å². The minimum Gasteiger partial charge on any atom is -0.382 e. The van der Waals surface area contributed by atoms with Crippen LogP contribution < -0.4 is 5.32 Å². The maximum Gasteiger partial charge on any atom is 0.0353 e. The van der Waals surface area contributed by atoms with E-state index in [4.69, 9.17) is 0 Å². The van der Waals surface area contributed by atoms with E-state index in [0.29, 0.717) is 12.0 Å². The second-order valence-corrected chi connectivity index (χ2v) is 4.60. The van der Waals surface area contributed by atoms with Crippen LogP contribution in [0.1, 0.15) is 20.8 Å². The van der Waals surface area contributed by atoms with E-state index < -0.39 is 0 Å². The minimum absolute atomic E-state index is 0.509. The molecule has 0 aromatic heterocycles. The smallest absolute Gasteiger partial charge is 0.0353 e. The molecule has 1 nitrogen and oxygen atoms in total. The highest BCUT2D eigenvalue weighted by atomic mass is 79.9. The van der Waals surface area contributed by atoms with Crippen LogP contribution in [0.4, 0.5) is 5.69 Å². The van der Waals surface area contributed by atoms with Gasteiger partial charge < -0.3 is 5.32 Å². The monoisotopic (exact) mass is 241 g/mol. The summed E-state index contributed by atoms with van der Waals surface area (Å²) < 4.78 is 1.12. The number of rotatable bonds is 3. The van der Waals surface area contributed by atoms with Gasteiger partial charge >= 0.3 is 0 Å². The lowest BCUT2D eigenvalue weighted by molar-refractivity contribution is 0.560. The Labute approximate surface area is 88.7 Å². The molecule has 0 aliphatic carbocycles. The molecular weight excluding hydrogens is 226 g/mol. The molecule has 1 atom stereocenters. The Bertz CT molecular complexity index is 271. The van der Waals surface area contributed by atoms with Gasteiger partial charge in [-0.2, -0.15) is 0 Å². The standard InChI is InChI=1S/C11H16BrN/c1-8(2)9(3)13-11-6-4-5-10(12)7-11/h4-9,13H,1-3H3. The zero-order chi connectivity index (χ0) is 9.84. The van der Waals surface area contributed by atoms with E-state index in [1.165, 1.54) is 5.69 Å². The summed E-state index contributed by atoms with van der Waals surface area (Å²) >= 11 is 3.45. The zero-order valence-corrected chi connectivity index (χ0v) is 9.93. The fraction of sp³-hybridized carbons (Fsp3) is 0.455. The first kappa shape index (κ1) is 10.6. The van der Waals surface area contributed by atoms with Crippen molar-refractivity contribution in [3.8, 4) is 0 Å². The molecule has 2 heteroatoms. The summed E-state index contributed by atoms with van der Waals surface area (Å²) in [5.74, 6) is 0.652. The molecule has 0 aliphatic heterocycles. The molecular formula is C11H16BrN. The number of hydrogen-bond donors (Lipinski definition) is 1. The maximum atomic E-state index is 3.45. The van der Waals surface area contributed by atoms with Crippen molar-refractivity contribution in [1.29, 1.82) is 0 Å². The van der Waals surface area contributed by atoms with Crippen LogP contribution in [0.25, 0.3) is 0 Å². The van der Waals surface area contributed by atoms with E-state index >= 15 is 0 Å². The highest BCUT2D eigenvalue weighted by Crippen LogP contribution is 2.17. The third-order valence-corrected chi connectivity index (χ3v) is 2.71. The summed E-state index contributed by atoms with van der Waals surface area (Å²) in [6.07, 6.45) is 0. The largest absolute Gasteiger partial charge is 0.382 e. The molecule has 0 saturated heterocycles. The van der Waals surface area contributed by atoms with Gasteiger partial charge in [0, 0.05) is 16.2 Å². The number of nitrogens with one attached hydrogen (secondary N) is 1. The average Bonchev–Trinajstić information content (AvgIpc) is 2.04. The lowest BCUT2D eigenvalue weighted by Gasteiger charge is -2.18. The molecule has 13 heavy (non-hydrogen) atoms. The summed E-state index contributed by atoms with van der Waals surface area (Å²) in [5.41, 5.74) is 1.18. The summed E-state index contributed by atoms with van der Waals surface area (Å²) in [7, 11) is 0. The lowest BCUT2D eigenvalue weighted by Crippen LogP contribution is -2.21. The van der Waals surface area contributed by atoms with E-state index in [1.807, 2.05) is 12.1 Å². The quantitative estimate of drug-likeness (QED) is 0.847. The number of hydrogen-bond acceptors (Lipinski definition) is 1. The Hall–Kier alpha value is -0.500. The van der Waals surface area contributed by atoms with Crippen molar-refractivity contribution in [3.05, 3.63) is 28.7 Å². The maximum absolute atomic E-state index is 3.45. The minimum atomic E-state index is 0.509. The first-order chi connectivity index (χ1) is 6.09. The SMILES string of the molecule is CC(C)C(C)Nc1cccc(Br)c1. The Morgan fingerprint density at radius 3 is 2.46 bits per heavy atom. The molecule has 0 radical (unpaired) electrons. The van der Waals surface area contributed by atoms with Crippen LogP contribution in [-0.2, 0) is 0 Å². The van der Waals surface area contributed by atoms with E-state index in [-0.39, 0.29) is 0 Å². The fourth-order valence-electron chi connectivity index (χ4n) is 1.01. The third kappa shape index (κ3) is 3.39. The molecule has 0 bridgehead atoms. The van der Waals surface area contributed by atoms with Crippen molar-refractivity contribution in [2.45, 2.75) is 26.8 Å². The van der Waals surface area contributed by atoms with Crippen molar-refractivity contribution in [3.63, 3.8) is 0 Å². The fourth-order valence-corrected chi connectivity index (χ4v) is 1.41. The second kappa shape index (κ2) is 4.66. The topological polar surface area (TPSA) is 12.0 Å². The molecule has 0 spiro atoms. The van der Waals surface area contributed by atoms with Gasteiger partial charge in [0.25, 0.3) is 0 Å². The molecule has 72 valence electrons. The second-order valence-electron chi connectivity index (χ2n) is 3.69. The number of anilines is 1. The Kier molecular flexibility index (Phi) is 3.79.